The van der Waals surface area contributed by atoms with Crippen molar-refractivity contribution in [2.45, 2.75) is 19.0 Å². The molecule has 2 N–H and O–H groups in total. The lowest BCUT2D eigenvalue weighted by Crippen LogP contribution is -2.57. The molecule has 1 aliphatic heterocycles. The highest BCUT2D eigenvalue weighted by atomic mass is 19.1. The highest BCUT2D eigenvalue weighted by Crippen LogP contribution is 2.20. The first-order valence-electron chi connectivity index (χ1n) is 5.57. The molecular weight excluding hydrogens is 207 g/mol. The Morgan fingerprint density at radius 3 is 2.88 bits per heavy atom. The molecule has 1 aromatic rings. The third kappa shape index (κ3) is 2.33. The molecular formula is C12H17FN2O. The predicted molar refractivity (Wildman–Crippen MR) is 62.1 cm³/mol. The number of hydrogen-bond donors (Lipinski definition) is 2. The monoisotopic (exact) mass is 224 g/mol. The van der Waals surface area contributed by atoms with Crippen LogP contribution >= 0.6 is 0 Å². The molecule has 1 aliphatic rings. The van der Waals surface area contributed by atoms with Crippen molar-refractivity contribution in [3.8, 4) is 0 Å². The van der Waals surface area contributed by atoms with Crippen LogP contribution in [0, 0.1) is 5.82 Å². The number of aliphatic hydroxyl groups is 1. The SMILES string of the molecule is CC1CN(c2ccccc2F)CC(CO)N1. The Labute approximate surface area is 94.9 Å². The molecule has 1 saturated heterocycles. The Bertz CT molecular complexity index is 359. The van der Waals surface area contributed by atoms with E-state index in [-0.39, 0.29) is 24.5 Å². The zero-order valence-corrected chi connectivity index (χ0v) is 9.36. The number of para-hydroxylation sites is 1. The molecule has 3 nitrogen and oxygen atoms in total. The summed E-state index contributed by atoms with van der Waals surface area (Å²) in [5.41, 5.74) is 0.620. The van der Waals surface area contributed by atoms with Crippen LogP contribution in [0.25, 0.3) is 0 Å². The van der Waals surface area contributed by atoms with E-state index in [0.29, 0.717) is 12.2 Å². The zero-order valence-electron chi connectivity index (χ0n) is 9.36. The maximum Gasteiger partial charge on any atom is 0.146 e. The number of piperazine rings is 1. The quantitative estimate of drug-likeness (QED) is 0.786. The maximum atomic E-state index is 13.6. The molecule has 16 heavy (non-hydrogen) atoms. The van der Waals surface area contributed by atoms with Crippen LogP contribution in [0.4, 0.5) is 10.1 Å². The van der Waals surface area contributed by atoms with Gasteiger partial charge in [-0.3, -0.25) is 0 Å². The first-order valence-corrected chi connectivity index (χ1v) is 5.57. The number of nitrogens with one attached hydrogen (secondary N) is 1. The normalized spacial score (nSPS) is 25.8. The lowest BCUT2D eigenvalue weighted by molar-refractivity contribution is 0.221. The number of rotatable bonds is 2. The minimum Gasteiger partial charge on any atom is -0.395 e. The highest BCUT2D eigenvalue weighted by molar-refractivity contribution is 5.48. The minimum absolute atomic E-state index is 0.0170. The van der Waals surface area contributed by atoms with Crippen LogP contribution in [0.1, 0.15) is 6.92 Å². The zero-order chi connectivity index (χ0) is 11.5. The lowest BCUT2D eigenvalue weighted by atomic mass is 10.1. The standard InChI is InChI=1S/C12H17FN2O/c1-9-6-15(7-10(8-16)14-9)12-5-3-2-4-11(12)13/h2-5,9-10,14,16H,6-8H2,1H3. The molecule has 1 aromatic carbocycles. The van der Waals surface area contributed by atoms with E-state index >= 15 is 0 Å². The van der Waals surface area contributed by atoms with Gasteiger partial charge in [0.05, 0.1) is 12.3 Å². The Hall–Kier alpha value is -1.13. The molecule has 0 radical (unpaired) electrons. The van der Waals surface area contributed by atoms with Gasteiger partial charge < -0.3 is 15.3 Å². The van der Waals surface area contributed by atoms with E-state index in [4.69, 9.17) is 5.11 Å². The third-order valence-electron chi connectivity index (χ3n) is 2.87. The van der Waals surface area contributed by atoms with Gasteiger partial charge in [0, 0.05) is 25.2 Å². The van der Waals surface area contributed by atoms with Gasteiger partial charge in [0.25, 0.3) is 0 Å². The van der Waals surface area contributed by atoms with Crippen molar-refractivity contribution in [1.29, 1.82) is 0 Å². The van der Waals surface area contributed by atoms with Crippen molar-refractivity contribution in [2.75, 3.05) is 24.6 Å². The van der Waals surface area contributed by atoms with Gasteiger partial charge in [0.1, 0.15) is 5.82 Å². The molecule has 0 bridgehead atoms. The van der Waals surface area contributed by atoms with Crippen LogP contribution in [-0.4, -0.2) is 36.9 Å². The summed E-state index contributed by atoms with van der Waals surface area (Å²) < 4.78 is 13.6. The van der Waals surface area contributed by atoms with Crippen molar-refractivity contribution in [1.82, 2.24) is 5.32 Å². The third-order valence-corrected chi connectivity index (χ3v) is 2.87. The van der Waals surface area contributed by atoms with Gasteiger partial charge in [0.2, 0.25) is 0 Å². The average Bonchev–Trinajstić information content (AvgIpc) is 2.28. The van der Waals surface area contributed by atoms with E-state index < -0.39 is 0 Å². The first kappa shape index (κ1) is 11.4. The number of halogens is 1. The van der Waals surface area contributed by atoms with Crippen LogP contribution < -0.4 is 10.2 Å². The second-order valence-corrected chi connectivity index (χ2v) is 4.30. The van der Waals surface area contributed by atoms with Crippen LogP contribution in [0.15, 0.2) is 24.3 Å². The fourth-order valence-corrected chi connectivity index (χ4v) is 2.19. The number of nitrogens with zero attached hydrogens (tertiary/aromatic N) is 1. The van der Waals surface area contributed by atoms with Crippen LogP contribution in [-0.2, 0) is 0 Å². The van der Waals surface area contributed by atoms with E-state index in [1.54, 1.807) is 12.1 Å². The molecule has 0 aliphatic carbocycles. The van der Waals surface area contributed by atoms with Gasteiger partial charge in [-0.1, -0.05) is 12.1 Å². The van der Waals surface area contributed by atoms with E-state index in [2.05, 4.69) is 5.32 Å². The first-order chi connectivity index (χ1) is 7.70. The molecule has 4 heteroatoms. The summed E-state index contributed by atoms with van der Waals surface area (Å²) in [7, 11) is 0. The Kier molecular flexibility index (Phi) is 3.41. The summed E-state index contributed by atoms with van der Waals surface area (Å²) in [6.07, 6.45) is 0. The number of anilines is 1. The molecule has 2 atom stereocenters. The van der Waals surface area contributed by atoms with Crippen molar-refractivity contribution < 1.29 is 9.50 Å². The van der Waals surface area contributed by atoms with Crippen LogP contribution in [0.2, 0.25) is 0 Å². The van der Waals surface area contributed by atoms with Gasteiger partial charge in [-0.15, -0.1) is 0 Å². The Morgan fingerprint density at radius 1 is 1.44 bits per heavy atom. The van der Waals surface area contributed by atoms with E-state index in [1.165, 1.54) is 6.07 Å². The number of benzene rings is 1. The molecule has 0 aromatic heterocycles. The fraction of sp³-hybridized carbons (Fsp3) is 0.500. The maximum absolute atomic E-state index is 13.6. The molecule has 0 amide bonds. The second kappa shape index (κ2) is 4.80. The summed E-state index contributed by atoms with van der Waals surface area (Å²) in [6, 6.07) is 7.04. The highest BCUT2D eigenvalue weighted by Gasteiger charge is 2.24. The number of aliphatic hydroxyl groups excluding tert-OH is 1. The molecule has 2 rings (SSSR count). The van der Waals surface area contributed by atoms with Crippen molar-refractivity contribution in [3.63, 3.8) is 0 Å². The fourth-order valence-electron chi connectivity index (χ4n) is 2.19. The Morgan fingerprint density at radius 2 is 2.19 bits per heavy atom. The second-order valence-electron chi connectivity index (χ2n) is 4.30. The molecule has 2 unspecified atom stereocenters. The summed E-state index contributed by atoms with van der Waals surface area (Å²) in [5.74, 6) is -0.201. The van der Waals surface area contributed by atoms with E-state index in [0.717, 1.165) is 6.54 Å². The van der Waals surface area contributed by atoms with Gasteiger partial charge in [0.15, 0.2) is 0 Å². The van der Waals surface area contributed by atoms with Gasteiger partial charge >= 0.3 is 0 Å². The molecule has 88 valence electrons. The largest absolute Gasteiger partial charge is 0.395 e. The average molecular weight is 224 g/mol. The van der Waals surface area contributed by atoms with Gasteiger partial charge in [-0.2, -0.15) is 0 Å². The molecule has 1 heterocycles. The summed E-state index contributed by atoms with van der Waals surface area (Å²) >= 11 is 0. The summed E-state index contributed by atoms with van der Waals surface area (Å²) in [5, 5.41) is 12.4. The van der Waals surface area contributed by atoms with Crippen molar-refractivity contribution in [3.05, 3.63) is 30.1 Å². The van der Waals surface area contributed by atoms with Gasteiger partial charge in [-0.25, -0.2) is 4.39 Å². The van der Waals surface area contributed by atoms with Crippen molar-refractivity contribution >= 4 is 5.69 Å². The predicted octanol–water partition coefficient (Wildman–Crippen LogP) is 0.985. The Balaban J connectivity index is 2.17. The van der Waals surface area contributed by atoms with Crippen LogP contribution in [0.3, 0.4) is 0 Å². The topological polar surface area (TPSA) is 35.5 Å². The van der Waals surface area contributed by atoms with E-state index in [1.807, 2.05) is 17.9 Å². The lowest BCUT2D eigenvalue weighted by Gasteiger charge is -2.38. The van der Waals surface area contributed by atoms with Crippen molar-refractivity contribution in [2.24, 2.45) is 0 Å². The molecule has 1 fully saturated rings. The molecule has 0 saturated carbocycles. The molecule has 0 spiro atoms. The smallest absolute Gasteiger partial charge is 0.146 e. The minimum atomic E-state index is -0.201. The van der Waals surface area contributed by atoms with Gasteiger partial charge in [-0.05, 0) is 19.1 Å². The number of hydrogen-bond acceptors (Lipinski definition) is 3. The summed E-state index contributed by atoms with van der Waals surface area (Å²) in [4.78, 5) is 1.98. The van der Waals surface area contributed by atoms with Crippen LogP contribution in [0.5, 0.6) is 0 Å². The van der Waals surface area contributed by atoms with E-state index in [9.17, 15) is 4.39 Å². The summed E-state index contributed by atoms with van der Waals surface area (Å²) in [6.45, 7) is 3.52.